The molecule has 0 spiro atoms. The van der Waals surface area contributed by atoms with Gasteiger partial charge in [-0.3, -0.25) is 9.59 Å². The monoisotopic (exact) mass is 531 g/mol. The van der Waals surface area contributed by atoms with E-state index in [0.717, 1.165) is 15.6 Å². The summed E-state index contributed by atoms with van der Waals surface area (Å²) in [7, 11) is 0. The van der Waals surface area contributed by atoms with Gasteiger partial charge < -0.3 is 15.2 Å². The molecule has 33 heavy (non-hydrogen) atoms. The molecular weight excluding hydrogens is 509 g/mol. The van der Waals surface area contributed by atoms with E-state index in [0.29, 0.717) is 23.2 Å². The standard InChI is InChI=1S/C23H23BrFN5O2S/c1-4-9-30-20(12-26-22(32)16-7-5-6-8-18(16)25)28-29-23(30)33-13-21(31)27-19-11-15(3)14(2)10-17(19)24/h4-8,10-11H,1,9,12-13H2,2-3H3,(H,26,32)(H,27,31). The zero-order valence-corrected chi connectivity index (χ0v) is 20.6. The van der Waals surface area contributed by atoms with Gasteiger partial charge in [0.2, 0.25) is 5.91 Å². The van der Waals surface area contributed by atoms with Crippen LogP contribution < -0.4 is 10.6 Å². The maximum Gasteiger partial charge on any atom is 0.254 e. The van der Waals surface area contributed by atoms with Crippen LogP contribution >= 0.6 is 27.7 Å². The summed E-state index contributed by atoms with van der Waals surface area (Å²) in [5, 5.41) is 14.3. The summed E-state index contributed by atoms with van der Waals surface area (Å²) in [4.78, 5) is 24.8. The second kappa shape index (κ2) is 11.2. The van der Waals surface area contributed by atoms with Gasteiger partial charge >= 0.3 is 0 Å². The van der Waals surface area contributed by atoms with Crippen LogP contribution in [0.4, 0.5) is 10.1 Å². The summed E-state index contributed by atoms with van der Waals surface area (Å²) in [6.45, 7) is 8.17. The normalized spacial score (nSPS) is 10.7. The smallest absolute Gasteiger partial charge is 0.254 e. The summed E-state index contributed by atoms with van der Waals surface area (Å²) in [5.74, 6) is -0.740. The van der Waals surface area contributed by atoms with Crippen LogP contribution in [0.25, 0.3) is 0 Å². The van der Waals surface area contributed by atoms with E-state index in [1.165, 1.54) is 30.0 Å². The van der Waals surface area contributed by atoms with Crippen LogP contribution in [0.15, 0.2) is 58.7 Å². The Kier molecular flexibility index (Phi) is 8.40. The fourth-order valence-corrected chi connectivity index (χ4v) is 4.29. The van der Waals surface area contributed by atoms with Gasteiger partial charge in [0.15, 0.2) is 11.0 Å². The summed E-state index contributed by atoms with van der Waals surface area (Å²) in [5.41, 5.74) is 2.86. The van der Waals surface area contributed by atoms with Crippen molar-refractivity contribution in [3.8, 4) is 0 Å². The van der Waals surface area contributed by atoms with Gasteiger partial charge in [-0.25, -0.2) is 4.39 Å². The number of benzene rings is 2. The minimum Gasteiger partial charge on any atom is -0.345 e. The van der Waals surface area contributed by atoms with Gasteiger partial charge in [-0.05, 0) is 65.2 Å². The number of hydrogen-bond acceptors (Lipinski definition) is 5. The molecule has 10 heteroatoms. The van der Waals surface area contributed by atoms with E-state index in [2.05, 4.69) is 43.3 Å². The molecule has 0 saturated heterocycles. The molecule has 2 amide bonds. The average molecular weight is 532 g/mol. The molecule has 0 unspecified atom stereocenters. The van der Waals surface area contributed by atoms with Gasteiger partial charge in [-0.15, -0.1) is 16.8 Å². The van der Waals surface area contributed by atoms with Crippen molar-refractivity contribution in [2.45, 2.75) is 32.1 Å². The molecule has 2 aromatic carbocycles. The largest absolute Gasteiger partial charge is 0.345 e. The molecule has 0 saturated carbocycles. The molecule has 0 aliphatic rings. The molecule has 2 N–H and O–H groups in total. The number of aromatic nitrogens is 3. The van der Waals surface area contributed by atoms with Crippen LogP contribution in [-0.4, -0.2) is 32.3 Å². The number of amides is 2. The lowest BCUT2D eigenvalue weighted by molar-refractivity contribution is -0.113. The SMILES string of the molecule is C=CCn1c(CNC(=O)c2ccccc2F)nnc1SCC(=O)Nc1cc(C)c(C)cc1Br. The first kappa shape index (κ1) is 24.7. The zero-order chi connectivity index (χ0) is 24.0. The number of thioether (sulfide) groups is 1. The van der Waals surface area contributed by atoms with Crippen molar-refractivity contribution < 1.29 is 14.0 Å². The highest BCUT2D eigenvalue weighted by Crippen LogP contribution is 2.26. The molecule has 3 rings (SSSR count). The van der Waals surface area contributed by atoms with Crippen molar-refractivity contribution in [1.29, 1.82) is 0 Å². The van der Waals surface area contributed by atoms with Crippen molar-refractivity contribution >= 4 is 45.2 Å². The van der Waals surface area contributed by atoms with Crippen LogP contribution in [0.2, 0.25) is 0 Å². The fourth-order valence-electron chi connectivity index (χ4n) is 2.96. The van der Waals surface area contributed by atoms with Gasteiger partial charge in [0, 0.05) is 11.0 Å². The van der Waals surface area contributed by atoms with E-state index in [-0.39, 0.29) is 23.8 Å². The number of allylic oxidation sites excluding steroid dienone is 1. The number of carbonyl (C=O) groups excluding carboxylic acids is 2. The van der Waals surface area contributed by atoms with E-state index in [4.69, 9.17) is 0 Å². The molecule has 0 fully saturated rings. The van der Waals surface area contributed by atoms with E-state index >= 15 is 0 Å². The first-order chi connectivity index (χ1) is 15.8. The van der Waals surface area contributed by atoms with Gasteiger partial charge in [0.05, 0.1) is 23.5 Å². The lowest BCUT2D eigenvalue weighted by Gasteiger charge is -2.11. The molecule has 0 bridgehead atoms. The molecule has 172 valence electrons. The Bertz CT molecular complexity index is 1200. The number of halogens is 2. The zero-order valence-electron chi connectivity index (χ0n) is 18.2. The Morgan fingerprint density at radius 2 is 1.94 bits per heavy atom. The maximum atomic E-state index is 13.8. The average Bonchev–Trinajstić information content (AvgIpc) is 3.16. The Morgan fingerprint density at radius 3 is 2.67 bits per heavy atom. The van der Waals surface area contributed by atoms with E-state index in [1.54, 1.807) is 16.7 Å². The topological polar surface area (TPSA) is 88.9 Å². The van der Waals surface area contributed by atoms with Crippen LogP contribution in [0, 0.1) is 19.7 Å². The third kappa shape index (κ3) is 6.29. The van der Waals surface area contributed by atoms with Crippen LogP contribution in [0.1, 0.15) is 27.3 Å². The van der Waals surface area contributed by atoms with E-state index in [9.17, 15) is 14.0 Å². The van der Waals surface area contributed by atoms with Crippen molar-refractivity contribution in [3.05, 3.63) is 81.9 Å². The number of carbonyl (C=O) groups is 2. The van der Waals surface area contributed by atoms with Gasteiger partial charge in [-0.1, -0.05) is 30.0 Å². The predicted molar refractivity (Wildman–Crippen MR) is 131 cm³/mol. The first-order valence-corrected chi connectivity index (χ1v) is 11.8. The number of anilines is 1. The lowest BCUT2D eigenvalue weighted by atomic mass is 10.1. The van der Waals surface area contributed by atoms with Crippen molar-refractivity contribution in [2.75, 3.05) is 11.1 Å². The molecule has 0 aliphatic carbocycles. The molecule has 3 aromatic rings. The summed E-state index contributed by atoms with van der Waals surface area (Å²) < 4.78 is 16.4. The van der Waals surface area contributed by atoms with Crippen LogP contribution in [-0.2, 0) is 17.9 Å². The van der Waals surface area contributed by atoms with Gasteiger partial charge in [0.25, 0.3) is 5.91 Å². The number of nitrogens with zero attached hydrogens (tertiary/aromatic N) is 3. The molecule has 0 radical (unpaired) electrons. The van der Waals surface area contributed by atoms with Crippen LogP contribution in [0.5, 0.6) is 0 Å². The molecule has 1 heterocycles. The Balaban J connectivity index is 1.64. The molecular formula is C23H23BrFN5O2S. The Labute approximate surface area is 204 Å². The molecule has 7 nitrogen and oxygen atoms in total. The number of hydrogen-bond donors (Lipinski definition) is 2. The summed E-state index contributed by atoms with van der Waals surface area (Å²) >= 11 is 4.70. The van der Waals surface area contributed by atoms with E-state index in [1.807, 2.05) is 26.0 Å². The minimum absolute atomic E-state index is 0.0453. The Morgan fingerprint density at radius 1 is 1.21 bits per heavy atom. The van der Waals surface area contributed by atoms with Crippen molar-refractivity contribution in [3.63, 3.8) is 0 Å². The third-order valence-electron chi connectivity index (χ3n) is 4.82. The highest BCUT2D eigenvalue weighted by atomic mass is 79.9. The quantitative estimate of drug-likeness (QED) is 0.310. The molecule has 0 aliphatic heterocycles. The van der Waals surface area contributed by atoms with Crippen LogP contribution in [0.3, 0.4) is 0 Å². The first-order valence-electron chi connectivity index (χ1n) is 10.0. The summed E-state index contributed by atoms with van der Waals surface area (Å²) in [6.07, 6.45) is 1.67. The second-order valence-electron chi connectivity index (χ2n) is 7.21. The molecule has 0 atom stereocenters. The van der Waals surface area contributed by atoms with Crippen molar-refractivity contribution in [1.82, 2.24) is 20.1 Å². The predicted octanol–water partition coefficient (Wildman–Crippen LogP) is 4.64. The Hall–Kier alpha value is -2.98. The van der Waals surface area contributed by atoms with Gasteiger partial charge in [0.1, 0.15) is 5.82 Å². The van der Waals surface area contributed by atoms with Crippen molar-refractivity contribution in [2.24, 2.45) is 0 Å². The maximum absolute atomic E-state index is 13.8. The summed E-state index contributed by atoms with van der Waals surface area (Å²) in [6, 6.07) is 9.62. The number of rotatable bonds is 9. The lowest BCUT2D eigenvalue weighted by Crippen LogP contribution is -2.25. The second-order valence-corrected chi connectivity index (χ2v) is 9.01. The fraction of sp³-hybridized carbons (Fsp3) is 0.217. The van der Waals surface area contributed by atoms with E-state index < -0.39 is 11.7 Å². The highest BCUT2D eigenvalue weighted by Gasteiger charge is 2.16. The number of nitrogens with one attached hydrogen (secondary N) is 2. The van der Waals surface area contributed by atoms with Gasteiger partial charge in [-0.2, -0.15) is 0 Å². The minimum atomic E-state index is -0.597. The third-order valence-corrected chi connectivity index (χ3v) is 6.44. The molecule has 1 aromatic heterocycles. The number of aryl methyl sites for hydroxylation is 2. The highest BCUT2D eigenvalue weighted by molar-refractivity contribution is 9.10.